The molecule has 0 radical (unpaired) electrons. The lowest BCUT2D eigenvalue weighted by molar-refractivity contribution is -0.385. The van der Waals surface area contributed by atoms with Gasteiger partial charge in [0, 0.05) is 37.9 Å². The average molecular weight is 281 g/mol. The molecule has 1 amide bonds. The smallest absolute Gasteiger partial charge is 0.407 e. The third-order valence-electron chi connectivity index (χ3n) is 3.27. The van der Waals surface area contributed by atoms with Gasteiger partial charge in [-0.3, -0.25) is 10.1 Å². The average Bonchev–Trinajstić information content (AvgIpc) is 2.46. The van der Waals surface area contributed by atoms with Crippen LogP contribution in [0.2, 0.25) is 0 Å². The maximum absolute atomic E-state index is 11.0. The first-order valence-electron chi connectivity index (χ1n) is 6.08. The van der Waals surface area contributed by atoms with Gasteiger partial charge >= 0.3 is 11.8 Å². The van der Waals surface area contributed by atoms with Gasteiger partial charge in [-0.1, -0.05) is 0 Å². The minimum absolute atomic E-state index is 0.0920. The lowest BCUT2D eigenvalue weighted by Crippen LogP contribution is -2.48. The number of carbonyl (C=O) groups is 1. The van der Waals surface area contributed by atoms with E-state index < -0.39 is 11.0 Å². The van der Waals surface area contributed by atoms with Crippen molar-refractivity contribution in [1.82, 2.24) is 4.90 Å². The van der Waals surface area contributed by atoms with Crippen LogP contribution >= 0.6 is 0 Å². The van der Waals surface area contributed by atoms with E-state index in [-0.39, 0.29) is 11.4 Å². The minimum atomic E-state index is -0.939. The van der Waals surface area contributed by atoms with Gasteiger partial charge in [-0.25, -0.2) is 4.79 Å². The van der Waals surface area contributed by atoms with Gasteiger partial charge in [0.05, 0.1) is 12.0 Å². The molecule has 0 unspecified atom stereocenters. The summed E-state index contributed by atoms with van der Waals surface area (Å²) in [6, 6.07) is 4.74. The molecule has 8 heteroatoms. The van der Waals surface area contributed by atoms with Crippen molar-refractivity contribution in [3.05, 3.63) is 28.3 Å². The molecule has 0 bridgehead atoms. The van der Waals surface area contributed by atoms with Gasteiger partial charge in [-0.15, -0.1) is 0 Å². The first-order chi connectivity index (χ1) is 9.52. The zero-order chi connectivity index (χ0) is 14.7. The van der Waals surface area contributed by atoms with Gasteiger partial charge < -0.3 is 19.6 Å². The van der Waals surface area contributed by atoms with Gasteiger partial charge in [0.2, 0.25) is 0 Å². The number of ether oxygens (including phenoxy) is 1. The Balaban J connectivity index is 2.16. The first kappa shape index (κ1) is 13.9. The number of methoxy groups -OCH3 is 1. The summed E-state index contributed by atoms with van der Waals surface area (Å²) < 4.78 is 4.95. The van der Waals surface area contributed by atoms with Crippen molar-refractivity contribution in [2.45, 2.75) is 0 Å². The molecule has 0 saturated carbocycles. The third kappa shape index (κ3) is 2.73. The molecule has 108 valence electrons. The lowest BCUT2D eigenvalue weighted by atomic mass is 10.2. The van der Waals surface area contributed by atoms with Crippen molar-refractivity contribution in [3.63, 3.8) is 0 Å². The quantitative estimate of drug-likeness (QED) is 0.664. The number of rotatable bonds is 3. The summed E-state index contributed by atoms with van der Waals surface area (Å²) in [6.45, 7) is 1.79. The molecule has 1 saturated heterocycles. The van der Waals surface area contributed by atoms with E-state index in [0.29, 0.717) is 31.9 Å². The Labute approximate surface area is 115 Å². The fraction of sp³-hybridized carbons (Fsp3) is 0.417. The molecule has 0 atom stereocenters. The monoisotopic (exact) mass is 281 g/mol. The van der Waals surface area contributed by atoms with Gasteiger partial charge in [0.15, 0.2) is 5.75 Å². The number of anilines is 1. The van der Waals surface area contributed by atoms with Crippen molar-refractivity contribution >= 4 is 17.5 Å². The fourth-order valence-electron chi connectivity index (χ4n) is 2.17. The highest BCUT2D eigenvalue weighted by molar-refractivity contribution is 5.66. The Bertz CT molecular complexity index is 526. The second-order valence-corrected chi connectivity index (χ2v) is 4.37. The first-order valence-corrected chi connectivity index (χ1v) is 6.08. The van der Waals surface area contributed by atoms with Crippen LogP contribution in [-0.2, 0) is 0 Å². The number of benzene rings is 1. The molecule has 0 spiro atoms. The molecule has 1 aromatic carbocycles. The predicted octanol–water partition coefficient (Wildman–Crippen LogP) is 1.40. The molecular weight excluding hydrogens is 266 g/mol. The second-order valence-electron chi connectivity index (χ2n) is 4.37. The van der Waals surface area contributed by atoms with Crippen molar-refractivity contribution < 1.29 is 19.6 Å². The van der Waals surface area contributed by atoms with Crippen molar-refractivity contribution in [2.24, 2.45) is 0 Å². The SMILES string of the molecule is COc1ccc(N2CCN(C(=O)O)CC2)cc1[N+](=O)[O-]. The number of nitro groups is 1. The summed E-state index contributed by atoms with van der Waals surface area (Å²) in [7, 11) is 1.38. The summed E-state index contributed by atoms with van der Waals surface area (Å²) >= 11 is 0. The number of nitrogens with zero attached hydrogens (tertiary/aromatic N) is 3. The molecule has 1 aromatic rings. The predicted molar refractivity (Wildman–Crippen MR) is 71.5 cm³/mol. The Kier molecular flexibility index (Phi) is 3.92. The normalized spacial score (nSPS) is 15.1. The maximum atomic E-state index is 11.0. The molecule has 8 nitrogen and oxygen atoms in total. The van der Waals surface area contributed by atoms with Crippen molar-refractivity contribution in [1.29, 1.82) is 0 Å². The van der Waals surface area contributed by atoms with E-state index in [4.69, 9.17) is 9.84 Å². The summed E-state index contributed by atoms with van der Waals surface area (Å²) in [5.74, 6) is 0.211. The van der Waals surface area contributed by atoms with Crippen LogP contribution in [0, 0.1) is 10.1 Å². The zero-order valence-corrected chi connectivity index (χ0v) is 11.0. The van der Waals surface area contributed by atoms with Gasteiger partial charge in [-0.05, 0) is 12.1 Å². The zero-order valence-electron chi connectivity index (χ0n) is 11.0. The van der Waals surface area contributed by atoms with Crippen LogP contribution in [0.3, 0.4) is 0 Å². The molecule has 1 N–H and O–H groups in total. The van der Waals surface area contributed by atoms with Gasteiger partial charge in [0.1, 0.15) is 0 Å². The Morgan fingerprint density at radius 3 is 2.50 bits per heavy atom. The number of amides is 1. The molecule has 1 aliphatic rings. The number of nitro benzene ring substituents is 1. The molecule has 1 heterocycles. The molecule has 1 aliphatic heterocycles. The third-order valence-corrected chi connectivity index (χ3v) is 3.27. The van der Waals surface area contributed by atoms with E-state index in [1.807, 2.05) is 4.90 Å². The maximum Gasteiger partial charge on any atom is 0.407 e. The Morgan fingerprint density at radius 1 is 1.35 bits per heavy atom. The van der Waals surface area contributed by atoms with E-state index in [1.165, 1.54) is 18.1 Å². The van der Waals surface area contributed by atoms with Crippen molar-refractivity contribution in [2.75, 3.05) is 38.2 Å². The number of hydrogen-bond donors (Lipinski definition) is 1. The molecule has 0 aliphatic carbocycles. The molecular formula is C12H15N3O5. The van der Waals surface area contributed by atoms with Crippen LogP contribution in [0.1, 0.15) is 0 Å². The highest BCUT2D eigenvalue weighted by Gasteiger charge is 2.23. The van der Waals surface area contributed by atoms with Crippen LogP contribution < -0.4 is 9.64 Å². The molecule has 2 rings (SSSR count). The number of carboxylic acid groups (broad SMARTS) is 1. The minimum Gasteiger partial charge on any atom is -0.490 e. The van der Waals surface area contributed by atoms with Crippen molar-refractivity contribution in [3.8, 4) is 5.75 Å². The van der Waals surface area contributed by atoms with Crippen LogP contribution in [0.25, 0.3) is 0 Å². The highest BCUT2D eigenvalue weighted by atomic mass is 16.6. The standard InChI is InChI=1S/C12H15N3O5/c1-20-11-3-2-9(8-10(11)15(18)19)13-4-6-14(7-5-13)12(16)17/h2-3,8H,4-7H2,1H3,(H,16,17). The van der Waals surface area contributed by atoms with Crippen LogP contribution in [0.15, 0.2) is 18.2 Å². The Morgan fingerprint density at radius 2 is 2.00 bits per heavy atom. The van der Waals surface area contributed by atoms with E-state index in [9.17, 15) is 14.9 Å². The van der Waals surface area contributed by atoms with Crippen LogP contribution in [-0.4, -0.2) is 54.3 Å². The summed E-state index contributed by atoms with van der Waals surface area (Å²) in [4.78, 5) is 24.6. The summed E-state index contributed by atoms with van der Waals surface area (Å²) in [5, 5.41) is 19.9. The summed E-state index contributed by atoms with van der Waals surface area (Å²) in [5.41, 5.74) is 0.605. The lowest BCUT2D eigenvalue weighted by Gasteiger charge is -2.34. The van der Waals surface area contributed by atoms with E-state index >= 15 is 0 Å². The Hall–Kier alpha value is -2.51. The van der Waals surface area contributed by atoms with Crippen LogP contribution in [0.5, 0.6) is 5.75 Å². The van der Waals surface area contributed by atoms with E-state index in [1.54, 1.807) is 12.1 Å². The molecule has 20 heavy (non-hydrogen) atoms. The topological polar surface area (TPSA) is 96.2 Å². The number of piperazine rings is 1. The van der Waals surface area contributed by atoms with Gasteiger partial charge in [0.25, 0.3) is 0 Å². The second kappa shape index (κ2) is 5.64. The fourth-order valence-corrected chi connectivity index (χ4v) is 2.17. The molecule has 0 aromatic heterocycles. The van der Waals surface area contributed by atoms with Gasteiger partial charge in [-0.2, -0.15) is 0 Å². The number of hydrogen-bond acceptors (Lipinski definition) is 5. The van der Waals surface area contributed by atoms with E-state index in [0.717, 1.165) is 0 Å². The molecule has 1 fully saturated rings. The van der Waals surface area contributed by atoms with Crippen LogP contribution in [0.4, 0.5) is 16.2 Å². The largest absolute Gasteiger partial charge is 0.490 e. The highest BCUT2D eigenvalue weighted by Crippen LogP contribution is 2.31. The van der Waals surface area contributed by atoms with E-state index in [2.05, 4.69) is 0 Å². The summed E-state index contributed by atoms with van der Waals surface area (Å²) in [6.07, 6.45) is -0.939.